The molecule has 22 nitrogen and oxygen atoms in total. The van der Waals surface area contributed by atoms with E-state index in [1.807, 2.05) is 6.07 Å². The number of phenolic OH excluding ortho intramolecular Hbond substituents is 1. The highest BCUT2D eigenvalue weighted by atomic mass is 32.3. The van der Waals surface area contributed by atoms with Gasteiger partial charge >= 0.3 is 10.4 Å². The summed E-state index contributed by atoms with van der Waals surface area (Å²) in [6.45, 7) is 0.0578. The molecule has 0 radical (unpaired) electrons. The van der Waals surface area contributed by atoms with Crippen molar-refractivity contribution >= 4 is 92.1 Å². The van der Waals surface area contributed by atoms with Gasteiger partial charge in [0.15, 0.2) is 0 Å². The van der Waals surface area contributed by atoms with Gasteiger partial charge < -0.3 is 52.6 Å². The molecule has 73 heavy (non-hydrogen) atoms. The summed E-state index contributed by atoms with van der Waals surface area (Å²) in [6, 6.07) is 14.2. The predicted molar refractivity (Wildman–Crippen MR) is 274 cm³/mol. The summed E-state index contributed by atoms with van der Waals surface area (Å²) in [4.78, 5) is 113. The topological polar surface area (TPSA) is 338 Å². The molecule has 11 N–H and O–H groups in total. The first-order chi connectivity index (χ1) is 34.7. The third-order valence-corrected chi connectivity index (χ3v) is 13.6. The van der Waals surface area contributed by atoms with Crippen molar-refractivity contribution in [3.8, 4) is 5.75 Å². The second-order valence-electron chi connectivity index (χ2n) is 17.3. The van der Waals surface area contributed by atoms with E-state index in [1.165, 1.54) is 42.6 Å². The summed E-state index contributed by atoms with van der Waals surface area (Å²) in [5.41, 5.74) is 8.27. The molecule has 0 unspecified atom stereocenters. The van der Waals surface area contributed by atoms with Gasteiger partial charge in [0, 0.05) is 56.3 Å². The summed E-state index contributed by atoms with van der Waals surface area (Å²) >= 11 is 2.74. The minimum atomic E-state index is -5.07. The Bertz CT molecular complexity index is 2690. The van der Waals surface area contributed by atoms with E-state index in [1.54, 1.807) is 79.4 Å². The van der Waals surface area contributed by atoms with Crippen molar-refractivity contribution < 1.29 is 60.6 Å². The van der Waals surface area contributed by atoms with Crippen LogP contribution in [0.1, 0.15) is 42.9 Å². The fraction of sp³-hybridized carbons (Fsp3) is 0.417. The highest BCUT2D eigenvalue weighted by Crippen LogP contribution is 2.25. The van der Waals surface area contributed by atoms with Crippen LogP contribution < -0.4 is 37.6 Å². The van der Waals surface area contributed by atoms with Crippen LogP contribution in [0.3, 0.4) is 0 Å². The number of hydrogen-bond donors (Lipinski definition) is 10. The maximum absolute atomic E-state index is 14.6. The fourth-order valence-electron chi connectivity index (χ4n) is 8.20. The van der Waals surface area contributed by atoms with E-state index in [0.29, 0.717) is 28.2 Å². The van der Waals surface area contributed by atoms with Crippen molar-refractivity contribution in [3.63, 3.8) is 0 Å². The van der Waals surface area contributed by atoms with Crippen molar-refractivity contribution in [2.24, 2.45) is 5.73 Å². The Morgan fingerprint density at radius 2 is 1.33 bits per heavy atom. The number of benzene rings is 3. The molecular formula is C48H61N9O13S3. The Hall–Kier alpha value is -6.67. The molecule has 1 fully saturated rings. The van der Waals surface area contributed by atoms with Crippen LogP contribution in [0.4, 0.5) is 0 Å². The van der Waals surface area contributed by atoms with E-state index in [4.69, 9.17) is 9.92 Å². The zero-order chi connectivity index (χ0) is 53.2. The zero-order valence-electron chi connectivity index (χ0n) is 40.3. The van der Waals surface area contributed by atoms with Crippen molar-refractivity contribution in [3.05, 3.63) is 102 Å². The van der Waals surface area contributed by atoms with Gasteiger partial charge in [0.2, 0.25) is 47.3 Å². The number of nitrogens with one attached hydrogen (secondary N) is 7. The van der Waals surface area contributed by atoms with Gasteiger partial charge in [-0.05, 0) is 71.7 Å². The number of likely N-dealkylation sites (tertiary alicyclic amines) is 1. The molecule has 2 heterocycles. The SMILES string of the molecule is CSCC[C@H](NC(=O)[C@H](Cc1ccc(O)cc1)NC(C)=O)C(=O)NCC(=O)N[C@@H](Cc1c[nH]c2ccccc12)C(=O)N[C@@H](CCSC)C(=O)N1C[C@H](OS(=O)(=O)O)C[C@H]1C(=O)N[C@@H](Cc1ccccc1)C(N)=O. The number of phenols is 1. The maximum atomic E-state index is 14.6. The van der Waals surface area contributed by atoms with Crippen LogP contribution in [0.15, 0.2) is 85.1 Å². The van der Waals surface area contributed by atoms with E-state index in [2.05, 4.69) is 36.9 Å². The number of aromatic nitrogens is 1. The van der Waals surface area contributed by atoms with Crippen molar-refractivity contribution in [2.45, 2.75) is 87.8 Å². The normalized spacial score (nSPS) is 16.5. The molecule has 1 saturated heterocycles. The number of aromatic amines is 1. The van der Waals surface area contributed by atoms with E-state index >= 15 is 0 Å². The highest BCUT2D eigenvalue weighted by Gasteiger charge is 2.45. The number of carbonyl (C=O) groups is 8. The van der Waals surface area contributed by atoms with Crippen LogP contribution in [-0.4, -0.2) is 155 Å². The van der Waals surface area contributed by atoms with Crippen LogP contribution in [0, 0.1) is 0 Å². The van der Waals surface area contributed by atoms with Gasteiger partial charge in [-0.2, -0.15) is 31.9 Å². The maximum Gasteiger partial charge on any atom is 0.397 e. The molecular weight excluding hydrogens is 1010 g/mol. The second-order valence-corrected chi connectivity index (χ2v) is 20.3. The lowest BCUT2D eigenvalue weighted by molar-refractivity contribution is -0.142. The monoisotopic (exact) mass is 1070 g/mol. The first kappa shape index (κ1) is 57.2. The van der Waals surface area contributed by atoms with Gasteiger partial charge in [0.1, 0.15) is 42.0 Å². The number of nitrogens with zero attached hydrogens (tertiary/aromatic N) is 1. The molecule has 394 valence electrons. The number of fused-ring (bicyclic) bond motifs is 1. The number of nitrogens with two attached hydrogens (primary N) is 1. The minimum Gasteiger partial charge on any atom is -0.508 e. The number of carbonyl (C=O) groups excluding carboxylic acids is 8. The van der Waals surface area contributed by atoms with Crippen LogP contribution in [0.2, 0.25) is 0 Å². The smallest absolute Gasteiger partial charge is 0.397 e. The van der Waals surface area contributed by atoms with Gasteiger partial charge in [-0.15, -0.1) is 0 Å². The lowest BCUT2D eigenvalue weighted by Crippen LogP contribution is -2.59. The molecule has 8 amide bonds. The molecule has 0 saturated carbocycles. The number of rotatable bonds is 27. The van der Waals surface area contributed by atoms with E-state index in [0.717, 1.165) is 15.8 Å². The van der Waals surface area contributed by atoms with Crippen LogP contribution in [0.5, 0.6) is 5.75 Å². The van der Waals surface area contributed by atoms with E-state index in [9.17, 15) is 56.4 Å². The largest absolute Gasteiger partial charge is 0.508 e. The first-order valence-electron chi connectivity index (χ1n) is 23.1. The lowest BCUT2D eigenvalue weighted by Gasteiger charge is -2.30. The van der Waals surface area contributed by atoms with Crippen molar-refractivity contribution in [1.82, 2.24) is 41.8 Å². The first-order valence-corrected chi connectivity index (χ1v) is 27.3. The predicted octanol–water partition coefficient (Wildman–Crippen LogP) is 0.242. The van der Waals surface area contributed by atoms with Crippen LogP contribution >= 0.6 is 23.5 Å². The Kier molecular flexibility index (Phi) is 21.5. The van der Waals surface area contributed by atoms with Gasteiger partial charge in [-0.1, -0.05) is 60.7 Å². The quantitative estimate of drug-likeness (QED) is 0.0358. The third kappa shape index (κ3) is 17.8. The number of H-pyrrole nitrogens is 1. The van der Waals surface area contributed by atoms with E-state index < -0.39 is 120 Å². The molecule has 1 aliphatic heterocycles. The van der Waals surface area contributed by atoms with Gasteiger partial charge in [-0.25, -0.2) is 4.18 Å². The number of primary amides is 1. The molecule has 0 bridgehead atoms. The third-order valence-electron chi connectivity index (χ3n) is 11.8. The van der Waals surface area contributed by atoms with Crippen molar-refractivity contribution in [1.29, 1.82) is 0 Å². The molecule has 4 aromatic rings. The Labute approximate surface area is 430 Å². The standard InChI is InChI=1S/C48H61N9O13S3/c1-28(58)52-39(22-30-13-15-32(59)16-14-30)45(63)54-36(17-19-71-2)44(62)51-26-42(60)53-40(23-31-25-50-35-12-8-7-11-34(31)35)46(64)55-37(18-20-72-3)48(66)57-27-33(70-73(67,68)69)24-41(57)47(65)56-38(43(49)61)21-29-9-5-4-6-10-29/h4-16,25,33,36-41,50,59H,17-24,26-27H2,1-3H3,(H2,49,61)(H,51,62)(H,52,58)(H,53,60)(H,54,63)(H,55,64)(H,56,65)(H,67,68,69)/t33-,36+,37+,38+,39+,40+,41+/m1/s1. The lowest BCUT2D eigenvalue weighted by atomic mass is 10.0. The van der Waals surface area contributed by atoms with E-state index in [-0.39, 0.29) is 37.9 Å². The Morgan fingerprint density at radius 3 is 1.96 bits per heavy atom. The van der Waals surface area contributed by atoms with Crippen LogP contribution in [-0.2, 0) is 72.2 Å². The molecule has 3 aromatic carbocycles. The summed E-state index contributed by atoms with van der Waals surface area (Å²) in [6.07, 6.45) is 3.42. The Morgan fingerprint density at radius 1 is 0.740 bits per heavy atom. The summed E-state index contributed by atoms with van der Waals surface area (Å²) in [5, 5.41) is 26.2. The van der Waals surface area contributed by atoms with Gasteiger partial charge in [-0.3, -0.25) is 42.9 Å². The molecule has 0 spiro atoms. The van der Waals surface area contributed by atoms with Crippen LogP contribution in [0.25, 0.3) is 10.9 Å². The molecule has 7 atom stereocenters. The number of hydrogen-bond acceptors (Lipinski definition) is 14. The highest BCUT2D eigenvalue weighted by molar-refractivity contribution is 7.98. The number of aromatic hydroxyl groups is 1. The van der Waals surface area contributed by atoms with Gasteiger partial charge in [0.25, 0.3) is 0 Å². The minimum absolute atomic E-state index is 0.00825. The molecule has 1 aromatic heterocycles. The van der Waals surface area contributed by atoms with Gasteiger partial charge in [0.05, 0.1) is 12.6 Å². The molecule has 5 rings (SSSR count). The molecule has 0 aliphatic carbocycles. The zero-order valence-corrected chi connectivity index (χ0v) is 42.8. The second kappa shape index (κ2) is 27.4. The molecule has 1 aliphatic rings. The average Bonchev–Trinajstić information content (AvgIpc) is 3.96. The average molecular weight is 1070 g/mol. The van der Waals surface area contributed by atoms with Crippen molar-refractivity contribution in [2.75, 3.05) is 37.1 Å². The summed E-state index contributed by atoms with van der Waals surface area (Å²) in [7, 11) is -5.07. The Balaban J connectivity index is 1.35. The summed E-state index contributed by atoms with van der Waals surface area (Å²) in [5.74, 6) is -5.42. The number of para-hydroxylation sites is 1. The number of amides is 8. The number of thioether (sulfide) groups is 2. The molecule has 25 heteroatoms. The summed E-state index contributed by atoms with van der Waals surface area (Å²) < 4.78 is 38.0. The fourth-order valence-corrected chi connectivity index (χ4v) is 9.63.